The minimum atomic E-state index is 0.906. The Hall–Kier alpha value is -0.0651. The molecule has 0 aromatic carbocycles. The summed E-state index contributed by atoms with van der Waals surface area (Å²) in [5, 5.41) is 0. The van der Waals surface area contributed by atoms with Crippen molar-refractivity contribution in [3.8, 4) is 0 Å². The van der Waals surface area contributed by atoms with E-state index in [4.69, 9.17) is 0 Å². The van der Waals surface area contributed by atoms with Crippen LogP contribution in [-0.2, 0) is 0 Å². The Morgan fingerprint density at radius 1 is 1.27 bits per heavy atom. The summed E-state index contributed by atoms with van der Waals surface area (Å²) in [4.78, 5) is 0. The van der Waals surface area contributed by atoms with E-state index in [0.29, 0.717) is 0 Å². The zero-order valence-electron chi connectivity index (χ0n) is 8.06. The van der Waals surface area contributed by atoms with Crippen LogP contribution >= 0.6 is 0 Å². The molecule has 1 saturated carbocycles. The van der Waals surface area contributed by atoms with E-state index in [1.807, 2.05) is 0 Å². The molecule has 0 saturated heterocycles. The van der Waals surface area contributed by atoms with Gasteiger partial charge in [0.1, 0.15) is 0 Å². The Kier molecular flexibility index (Phi) is 3.35. The van der Waals surface area contributed by atoms with Crippen LogP contribution in [0.5, 0.6) is 0 Å². The van der Waals surface area contributed by atoms with Gasteiger partial charge in [0.25, 0.3) is 0 Å². The van der Waals surface area contributed by atoms with Crippen molar-refractivity contribution in [2.45, 2.75) is 46.4 Å². The fraction of sp³-hybridized carbons (Fsp3) is 0.900. The molecule has 0 spiro atoms. The fourth-order valence-corrected chi connectivity index (χ4v) is 1.91. The molecule has 0 radical (unpaired) electrons. The van der Waals surface area contributed by atoms with Gasteiger partial charge in [-0.25, -0.2) is 0 Å². The number of rotatable bonds is 0. The predicted octanol–water partition coefficient (Wildman–Crippen LogP) is 2.76. The van der Waals surface area contributed by atoms with Crippen molar-refractivity contribution in [3.05, 3.63) is 0 Å². The van der Waals surface area contributed by atoms with E-state index in [0.717, 1.165) is 11.8 Å². The molecule has 0 bridgehead atoms. The van der Waals surface area contributed by atoms with Crippen molar-refractivity contribution in [3.63, 3.8) is 0 Å². The first kappa shape index (κ1) is 9.03. The molecule has 1 heteroatoms. The van der Waals surface area contributed by atoms with Crippen LogP contribution in [0.2, 0.25) is 6.82 Å². The average molecular weight is 150 g/mol. The van der Waals surface area contributed by atoms with Gasteiger partial charge in [0.05, 0.1) is 0 Å². The standard InChI is InChI=1S/C10H19B/c1-8-5-4-6-10(11-3)7-9(8)2/h8-9H,4-7H2,1-3H3. The molecule has 2 atom stereocenters. The van der Waals surface area contributed by atoms with Crippen molar-refractivity contribution in [1.29, 1.82) is 0 Å². The Bertz CT molecular complexity index is 149. The molecule has 0 aliphatic heterocycles. The quantitative estimate of drug-likeness (QED) is 0.368. The molecule has 0 amide bonds. The van der Waals surface area contributed by atoms with Gasteiger partial charge in [0, 0.05) is 0 Å². The van der Waals surface area contributed by atoms with Crippen molar-refractivity contribution >= 4 is 12.4 Å². The van der Waals surface area contributed by atoms with Gasteiger partial charge < -0.3 is 0 Å². The normalized spacial score (nSPS) is 36.5. The topological polar surface area (TPSA) is 0 Å². The molecule has 11 heavy (non-hydrogen) atoms. The Balaban J connectivity index is 2.55. The molecule has 0 heterocycles. The van der Waals surface area contributed by atoms with Gasteiger partial charge in [0.2, 0.25) is 0 Å². The van der Waals surface area contributed by atoms with Crippen LogP contribution in [0.4, 0.5) is 0 Å². The van der Waals surface area contributed by atoms with Crippen LogP contribution < -0.4 is 0 Å². The number of hydrogen-bond acceptors (Lipinski definition) is 0. The van der Waals surface area contributed by atoms with Crippen molar-refractivity contribution in [2.24, 2.45) is 11.8 Å². The van der Waals surface area contributed by atoms with Crippen molar-refractivity contribution in [2.75, 3.05) is 0 Å². The van der Waals surface area contributed by atoms with Crippen LogP contribution in [0.1, 0.15) is 39.5 Å². The third kappa shape index (κ3) is 2.46. The van der Waals surface area contributed by atoms with Gasteiger partial charge in [-0.1, -0.05) is 0 Å². The summed E-state index contributed by atoms with van der Waals surface area (Å²) in [5.74, 6) is 1.84. The second-order valence-corrected chi connectivity index (χ2v) is 4.00. The summed E-state index contributed by atoms with van der Waals surface area (Å²) >= 11 is 0. The number of hydrogen-bond donors (Lipinski definition) is 0. The average Bonchev–Trinajstić information content (AvgIpc) is 2.15. The van der Waals surface area contributed by atoms with Crippen LogP contribution in [0.25, 0.3) is 0 Å². The molecular weight excluding hydrogens is 131 g/mol. The Labute approximate surface area is 71.3 Å². The van der Waals surface area contributed by atoms with Crippen LogP contribution in [0, 0.1) is 11.8 Å². The van der Waals surface area contributed by atoms with Gasteiger partial charge in [-0.05, 0) is 0 Å². The molecule has 1 fully saturated rings. The Morgan fingerprint density at radius 3 is 2.64 bits per heavy atom. The molecule has 1 aliphatic carbocycles. The summed E-state index contributed by atoms with van der Waals surface area (Å²) in [6.07, 6.45) is 5.53. The first-order chi connectivity index (χ1) is 5.24. The van der Waals surface area contributed by atoms with Gasteiger partial charge in [-0.3, -0.25) is 0 Å². The van der Waals surface area contributed by atoms with Crippen LogP contribution in [-0.4, -0.2) is 12.4 Å². The van der Waals surface area contributed by atoms with Crippen molar-refractivity contribution in [1.82, 2.24) is 0 Å². The summed E-state index contributed by atoms with van der Waals surface area (Å²) in [5.41, 5.74) is 1.68. The molecule has 62 valence electrons. The van der Waals surface area contributed by atoms with E-state index in [2.05, 4.69) is 27.6 Å². The molecule has 1 rings (SSSR count). The third-order valence-electron chi connectivity index (χ3n) is 3.12. The minimum absolute atomic E-state index is 0.906. The van der Waals surface area contributed by atoms with E-state index in [1.165, 1.54) is 25.7 Å². The molecule has 2 unspecified atom stereocenters. The van der Waals surface area contributed by atoms with Gasteiger partial charge >= 0.3 is 70.6 Å². The summed E-state index contributed by atoms with van der Waals surface area (Å²) in [6, 6.07) is 0. The van der Waals surface area contributed by atoms with Gasteiger partial charge in [-0.2, -0.15) is 0 Å². The third-order valence-corrected chi connectivity index (χ3v) is 3.12. The first-order valence-electron chi connectivity index (χ1n) is 4.88. The van der Waals surface area contributed by atoms with E-state index in [-0.39, 0.29) is 0 Å². The SMILES string of the molecule is CB=C1CCCC(C)C(C)C1. The van der Waals surface area contributed by atoms with Crippen molar-refractivity contribution < 1.29 is 0 Å². The Morgan fingerprint density at radius 2 is 2.00 bits per heavy atom. The fourth-order valence-electron chi connectivity index (χ4n) is 1.91. The summed E-state index contributed by atoms with van der Waals surface area (Å²) in [6.45, 7) is 9.27. The second-order valence-electron chi connectivity index (χ2n) is 4.00. The summed E-state index contributed by atoms with van der Waals surface area (Å²) in [7, 11) is 0. The molecule has 0 aromatic rings. The zero-order chi connectivity index (χ0) is 8.27. The summed E-state index contributed by atoms with van der Waals surface area (Å²) < 4.78 is 0. The monoisotopic (exact) mass is 150 g/mol. The second kappa shape index (κ2) is 4.08. The maximum absolute atomic E-state index is 2.39. The van der Waals surface area contributed by atoms with Gasteiger partial charge in [-0.15, -0.1) is 0 Å². The van der Waals surface area contributed by atoms with E-state index in [9.17, 15) is 0 Å². The van der Waals surface area contributed by atoms with E-state index >= 15 is 0 Å². The maximum atomic E-state index is 2.39. The molecule has 0 aromatic heterocycles. The molecule has 0 N–H and O–H groups in total. The molecule has 0 nitrogen and oxygen atoms in total. The first-order valence-corrected chi connectivity index (χ1v) is 4.88. The molecule has 1 aliphatic rings. The zero-order valence-corrected chi connectivity index (χ0v) is 8.06. The van der Waals surface area contributed by atoms with Crippen LogP contribution in [0.15, 0.2) is 0 Å². The van der Waals surface area contributed by atoms with Gasteiger partial charge in [0.15, 0.2) is 0 Å². The van der Waals surface area contributed by atoms with E-state index < -0.39 is 0 Å². The van der Waals surface area contributed by atoms with E-state index in [1.54, 1.807) is 5.46 Å². The predicted molar refractivity (Wildman–Crippen MR) is 53.4 cm³/mol. The van der Waals surface area contributed by atoms with Crippen LogP contribution in [0.3, 0.4) is 0 Å². The molecular formula is C10H19B.